The summed E-state index contributed by atoms with van der Waals surface area (Å²) in [5, 5.41) is 3.89. The van der Waals surface area contributed by atoms with Crippen LogP contribution in [0.3, 0.4) is 0 Å². The van der Waals surface area contributed by atoms with Gasteiger partial charge in [-0.2, -0.15) is 4.98 Å². The fraction of sp³-hybridized carbons (Fsp3) is 0.400. The predicted molar refractivity (Wildman–Crippen MR) is 56.3 cm³/mol. The molecular formula is C10H14N4O. The van der Waals surface area contributed by atoms with Crippen molar-refractivity contribution in [2.45, 2.75) is 26.3 Å². The van der Waals surface area contributed by atoms with Crippen molar-refractivity contribution in [1.29, 1.82) is 0 Å². The second-order valence-electron chi connectivity index (χ2n) is 3.82. The summed E-state index contributed by atoms with van der Waals surface area (Å²) in [7, 11) is 0. The van der Waals surface area contributed by atoms with Crippen molar-refractivity contribution >= 4 is 5.69 Å². The average Bonchev–Trinajstić information content (AvgIpc) is 2.76. The highest BCUT2D eigenvalue weighted by Crippen LogP contribution is 2.11. The molecule has 80 valence electrons. The summed E-state index contributed by atoms with van der Waals surface area (Å²) in [6.07, 6.45) is 3.72. The Labute approximate surface area is 87.9 Å². The molecule has 0 bridgehead atoms. The Kier molecular flexibility index (Phi) is 2.45. The predicted octanol–water partition coefficient (Wildman–Crippen LogP) is 1.62. The zero-order valence-electron chi connectivity index (χ0n) is 8.84. The molecule has 0 radical (unpaired) electrons. The molecule has 2 heterocycles. The third-order valence-electron chi connectivity index (χ3n) is 2.09. The Bertz CT molecular complexity index is 444. The lowest BCUT2D eigenvalue weighted by Gasteiger charge is -1.95. The Balaban J connectivity index is 2.11. The van der Waals surface area contributed by atoms with Crippen molar-refractivity contribution in [2.24, 2.45) is 0 Å². The minimum absolute atomic E-state index is 0.289. The smallest absolute Gasteiger partial charge is 0.246 e. The van der Waals surface area contributed by atoms with Gasteiger partial charge in [-0.15, -0.1) is 0 Å². The van der Waals surface area contributed by atoms with Gasteiger partial charge in [0.05, 0.1) is 0 Å². The Morgan fingerprint density at radius 1 is 1.53 bits per heavy atom. The lowest BCUT2D eigenvalue weighted by molar-refractivity contribution is 0.365. The van der Waals surface area contributed by atoms with E-state index in [0.29, 0.717) is 12.4 Å². The van der Waals surface area contributed by atoms with Crippen LogP contribution in [0.15, 0.2) is 23.0 Å². The topological polar surface area (TPSA) is 69.9 Å². The van der Waals surface area contributed by atoms with Crippen molar-refractivity contribution in [2.75, 3.05) is 5.73 Å². The van der Waals surface area contributed by atoms with Gasteiger partial charge in [-0.1, -0.05) is 19.0 Å². The Morgan fingerprint density at radius 3 is 2.87 bits per heavy atom. The molecule has 0 saturated carbocycles. The molecular weight excluding hydrogens is 192 g/mol. The van der Waals surface area contributed by atoms with Crippen LogP contribution in [-0.4, -0.2) is 14.7 Å². The lowest BCUT2D eigenvalue weighted by Crippen LogP contribution is -1.97. The number of nitrogens with two attached hydrogens (primary N) is 1. The quantitative estimate of drug-likeness (QED) is 0.828. The minimum atomic E-state index is 0.289. The maximum absolute atomic E-state index is 5.60. The van der Waals surface area contributed by atoms with Gasteiger partial charge in [0.2, 0.25) is 5.89 Å². The number of nitrogens with zero attached hydrogens (tertiary/aromatic N) is 3. The third-order valence-corrected chi connectivity index (χ3v) is 2.09. The zero-order valence-corrected chi connectivity index (χ0v) is 8.84. The first-order chi connectivity index (χ1) is 7.15. The van der Waals surface area contributed by atoms with Gasteiger partial charge in [0.1, 0.15) is 6.54 Å². The highest BCUT2D eigenvalue weighted by Gasteiger charge is 2.09. The highest BCUT2D eigenvalue weighted by atomic mass is 16.5. The van der Waals surface area contributed by atoms with Crippen LogP contribution in [0.1, 0.15) is 31.5 Å². The molecule has 0 aliphatic rings. The first-order valence-corrected chi connectivity index (χ1v) is 4.89. The van der Waals surface area contributed by atoms with Gasteiger partial charge < -0.3 is 14.8 Å². The second-order valence-corrected chi connectivity index (χ2v) is 3.82. The van der Waals surface area contributed by atoms with Crippen LogP contribution in [-0.2, 0) is 6.54 Å². The molecule has 0 aliphatic heterocycles. The van der Waals surface area contributed by atoms with E-state index in [1.165, 1.54) is 0 Å². The largest absolute Gasteiger partial charge is 0.398 e. The number of nitrogen functional groups attached to an aromatic ring is 1. The van der Waals surface area contributed by atoms with Crippen LogP contribution in [0.25, 0.3) is 0 Å². The molecule has 2 aromatic rings. The van der Waals surface area contributed by atoms with E-state index in [-0.39, 0.29) is 5.92 Å². The third kappa shape index (κ3) is 2.18. The fourth-order valence-corrected chi connectivity index (χ4v) is 1.28. The van der Waals surface area contributed by atoms with Gasteiger partial charge in [-0.3, -0.25) is 0 Å². The van der Waals surface area contributed by atoms with Crippen molar-refractivity contribution in [3.63, 3.8) is 0 Å². The Morgan fingerprint density at radius 2 is 2.33 bits per heavy atom. The molecule has 0 spiro atoms. The van der Waals surface area contributed by atoms with E-state index in [4.69, 9.17) is 10.3 Å². The number of aromatic nitrogens is 3. The summed E-state index contributed by atoms with van der Waals surface area (Å²) >= 11 is 0. The van der Waals surface area contributed by atoms with Gasteiger partial charge in [-0.05, 0) is 6.07 Å². The van der Waals surface area contributed by atoms with Crippen molar-refractivity contribution in [3.8, 4) is 0 Å². The second kappa shape index (κ2) is 3.76. The summed E-state index contributed by atoms with van der Waals surface area (Å²) in [5.74, 6) is 1.64. The fourth-order valence-electron chi connectivity index (χ4n) is 1.28. The van der Waals surface area contributed by atoms with Gasteiger partial charge in [0.25, 0.3) is 0 Å². The molecule has 2 aromatic heterocycles. The maximum atomic E-state index is 5.60. The molecule has 0 unspecified atom stereocenters. The first-order valence-electron chi connectivity index (χ1n) is 4.89. The zero-order chi connectivity index (χ0) is 10.8. The summed E-state index contributed by atoms with van der Waals surface area (Å²) in [6, 6.07) is 1.83. The lowest BCUT2D eigenvalue weighted by atomic mass is 10.2. The number of hydrogen-bond donors (Lipinski definition) is 1. The summed E-state index contributed by atoms with van der Waals surface area (Å²) in [4.78, 5) is 4.27. The summed E-state index contributed by atoms with van der Waals surface area (Å²) in [5.41, 5.74) is 6.33. The molecule has 0 amide bonds. The summed E-state index contributed by atoms with van der Waals surface area (Å²) < 4.78 is 7.03. The number of anilines is 1. The van der Waals surface area contributed by atoms with Crippen molar-refractivity contribution in [1.82, 2.24) is 14.7 Å². The summed E-state index contributed by atoms with van der Waals surface area (Å²) in [6.45, 7) is 4.63. The normalized spacial score (nSPS) is 11.1. The average molecular weight is 206 g/mol. The molecule has 0 fully saturated rings. The van der Waals surface area contributed by atoms with Crippen LogP contribution in [0, 0.1) is 0 Å². The number of hydrogen-bond acceptors (Lipinski definition) is 4. The van der Waals surface area contributed by atoms with E-state index in [1.807, 2.05) is 36.9 Å². The molecule has 0 aromatic carbocycles. The van der Waals surface area contributed by atoms with Gasteiger partial charge in [0, 0.05) is 24.0 Å². The van der Waals surface area contributed by atoms with E-state index >= 15 is 0 Å². The molecule has 0 atom stereocenters. The van der Waals surface area contributed by atoms with Crippen LogP contribution >= 0.6 is 0 Å². The number of rotatable bonds is 3. The van der Waals surface area contributed by atoms with E-state index in [2.05, 4.69) is 10.1 Å². The first kappa shape index (κ1) is 9.76. The van der Waals surface area contributed by atoms with Crippen LogP contribution in [0.4, 0.5) is 5.69 Å². The Hall–Kier alpha value is -1.78. The molecule has 2 rings (SSSR count). The SMILES string of the molecule is CC(C)c1noc(Cn2ccc(N)c2)n1. The molecule has 0 aliphatic carbocycles. The maximum Gasteiger partial charge on any atom is 0.246 e. The van der Waals surface area contributed by atoms with Gasteiger partial charge in [0.15, 0.2) is 5.82 Å². The van der Waals surface area contributed by atoms with E-state index in [9.17, 15) is 0 Å². The molecule has 2 N–H and O–H groups in total. The minimum Gasteiger partial charge on any atom is -0.398 e. The standard InChI is InChI=1S/C10H14N4O/c1-7(2)10-12-9(15-13-10)6-14-4-3-8(11)5-14/h3-5,7H,6,11H2,1-2H3. The van der Waals surface area contributed by atoms with Crippen LogP contribution in [0.2, 0.25) is 0 Å². The monoisotopic (exact) mass is 206 g/mol. The van der Waals surface area contributed by atoms with E-state index in [1.54, 1.807) is 0 Å². The van der Waals surface area contributed by atoms with Crippen LogP contribution < -0.4 is 5.73 Å². The van der Waals surface area contributed by atoms with E-state index < -0.39 is 0 Å². The van der Waals surface area contributed by atoms with Crippen LogP contribution in [0.5, 0.6) is 0 Å². The van der Waals surface area contributed by atoms with Crippen molar-refractivity contribution < 1.29 is 4.52 Å². The molecule has 15 heavy (non-hydrogen) atoms. The van der Waals surface area contributed by atoms with Gasteiger partial charge >= 0.3 is 0 Å². The van der Waals surface area contributed by atoms with Gasteiger partial charge in [-0.25, -0.2) is 0 Å². The van der Waals surface area contributed by atoms with Crippen molar-refractivity contribution in [3.05, 3.63) is 30.2 Å². The molecule has 5 nitrogen and oxygen atoms in total. The molecule has 5 heteroatoms. The van der Waals surface area contributed by atoms with E-state index in [0.717, 1.165) is 11.5 Å². The highest BCUT2D eigenvalue weighted by molar-refractivity contribution is 5.34. The molecule has 0 saturated heterocycles.